The fourth-order valence-electron chi connectivity index (χ4n) is 6.78. The Labute approximate surface area is 199 Å². The van der Waals surface area contributed by atoms with Gasteiger partial charge in [0.05, 0.1) is 19.6 Å². The molecule has 0 bridgehead atoms. The van der Waals surface area contributed by atoms with Crippen LogP contribution >= 0.6 is 0 Å². The lowest BCUT2D eigenvalue weighted by Gasteiger charge is -2.45. The zero-order valence-electron chi connectivity index (χ0n) is 20.3. The summed E-state index contributed by atoms with van der Waals surface area (Å²) in [7, 11) is 0. The molecule has 4 nitrogen and oxygen atoms in total. The summed E-state index contributed by atoms with van der Waals surface area (Å²) < 4.78 is 1.19. The number of rotatable bonds is 3. The average Bonchev–Trinajstić information content (AvgIpc) is 3.08. The largest absolute Gasteiger partial charge is 0.339 e. The van der Waals surface area contributed by atoms with Gasteiger partial charge < -0.3 is 15.1 Å². The molecule has 1 atom stereocenters. The molecule has 3 aliphatic rings. The van der Waals surface area contributed by atoms with Gasteiger partial charge in [-0.15, -0.1) is 0 Å². The third-order valence-corrected chi connectivity index (χ3v) is 8.58. The van der Waals surface area contributed by atoms with Crippen molar-refractivity contribution in [3.05, 3.63) is 70.3 Å². The summed E-state index contributed by atoms with van der Waals surface area (Å²) in [6.45, 7) is 9.48. The van der Waals surface area contributed by atoms with E-state index in [0.29, 0.717) is 18.4 Å². The number of hydrogen-bond donors (Lipinski definition) is 1. The van der Waals surface area contributed by atoms with Crippen LogP contribution in [0.25, 0.3) is 0 Å². The van der Waals surface area contributed by atoms with Gasteiger partial charge in [0.2, 0.25) is 0 Å². The smallest absolute Gasteiger partial charge is 0.254 e. The molecule has 2 aromatic carbocycles. The molecule has 1 amide bonds. The fourth-order valence-corrected chi connectivity index (χ4v) is 6.78. The average molecular weight is 447 g/mol. The maximum atomic E-state index is 13.8. The van der Waals surface area contributed by atoms with Gasteiger partial charge in [0.25, 0.3) is 5.91 Å². The van der Waals surface area contributed by atoms with Crippen LogP contribution in [0.1, 0.15) is 89.9 Å². The summed E-state index contributed by atoms with van der Waals surface area (Å²) in [4.78, 5) is 15.9. The quantitative estimate of drug-likeness (QED) is 0.661. The molecule has 1 unspecified atom stereocenters. The first-order valence-electron chi connectivity index (χ1n) is 13.1. The summed E-state index contributed by atoms with van der Waals surface area (Å²) >= 11 is 0. The highest BCUT2D eigenvalue weighted by Gasteiger charge is 2.39. The number of piperidine rings is 1. The van der Waals surface area contributed by atoms with E-state index in [1.165, 1.54) is 72.1 Å². The number of carbonyl (C=O) groups is 1. The predicted molar refractivity (Wildman–Crippen MR) is 134 cm³/mol. The summed E-state index contributed by atoms with van der Waals surface area (Å²) in [5, 5.41) is 0. The first kappa shape index (κ1) is 22.6. The van der Waals surface area contributed by atoms with E-state index in [1.54, 1.807) is 0 Å². The van der Waals surface area contributed by atoms with Gasteiger partial charge in [-0.05, 0) is 67.2 Å². The zero-order chi connectivity index (χ0) is 22.8. The topological polar surface area (TPSA) is 46.3 Å². The summed E-state index contributed by atoms with van der Waals surface area (Å²) in [5.74, 6) is 1.31. The Hall–Kier alpha value is -2.17. The minimum absolute atomic E-state index is 0.253. The fraction of sp³-hybridized carbons (Fsp3) is 0.552. The van der Waals surface area contributed by atoms with Crippen LogP contribution in [0.3, 0.4) is 0 Å². The van der Waals surface area contributed by atoms with Crippen LogP contribution in [0.2, 0.25) is 0 Å². The van der Waals surface area contributed by atoms with Crippen LogP contribution in [-0.2, 0) is 13.1 Å². The molecule has 3 aliphatic heterocycles. The minimum atomic E-state index is 0.253. The Morgan fingerprint density at radius 3 is 2.48 bits per heavy atom. The van der Waals surface area contributed by atoms with Gasteiger partial charge >= 0.3 is 0 Å². The normalized spacial score (nSPS) is 23.2. The number of quaternary nitrogens is 1. The van der Waals surface area contributed by atoms with Crippen molar-refractivity contribution in [2.45, 2.75) is 70.4 Å². The van der Waals surface area contributed by atoms with Gasteiger partial charge in [-0.2, -0.15) is 0 Å². The van der Waals surface area contributed by atoms with Crippen molar-refractivity contribution in [3.63, 3.8) is 0 Å². The maximum Gasteiger partial charge on any atom is 0.254 e. The van der Waals surface area contributed by atoms with E-state index < -0.39 is 0 Å². The second kappa shape index (κ2) is 9.60. The number of amides is 1. The first-order chi connectivity index (χ1) is 16.1. The molecule has 33 heavy (non-hydrogen) atoms. The Morgan fingerprint density at radius 1 is 1.03 bits per heavy atom. The second-order valence-electron chi connectivity index (χ2n) is 10.8. The summed E-state index contributed by atoms with van der Waals surface area (Å²) in [5.41, 5.74) is 12.2. The van der Waals surface area contributed by atoms with Crippen LogP contribution in [-0.4, -0.2) is 48.0 Å². The predicted octanol–water partition coefficient (Wildman–Crippen LogP) is 5.17. The van der Waals surface area contributed by atoms with Gasteiger partial charge in [0.15, 0.2) is 0 Å². The number of benzene rings is 2. The molecule has 0 aliphatic carbocycles. The van der Waals surface area contributed by atoms with Crippen LogP contribution in [0.15, 0.2) is 42.5 Å². The highest BCUT2D eigenvalue weighted by Crippen LogP contribution is 2.37. The van der Waals surface area contributed by atoms with Gasteiger partial charge in [-0.1, -0.05) is 43.3 Å². The van der Waals surface area contributed by atoms with Gasteiger partial charge in [-0.3, -0.25) is 4.79 Å². The SMILES string of the molecule is CC1C[N+]2(CCCCCC2)Cc2c(C(=O)N3CCC(c4cccc(CN)c4)CC3)cccc21. The molecule has 0 saturated carbocycles. The van der Waals surface area contributed by atoms with Gasteiger partial charge in [0.1, 0.15) is 6.54 Å². The number of nitrogens with two attached hydrogens (primary N) is 1. The standard InChI is InChI=1S/C29H40N3O/c1-22-20-32(16-4-2-3-5-17-32)21-28-26(22)10-7-11-27(28)29(33)31-14-12-24(13-15-31)25-9-6-8-23(18-25)19-30/h6-11,18,22,24H,2-5,12-17,19-21,30H2,1H3/q+1. The van der Waals surface area contributed by atoms with E-state index in [2.05, 4.69) is 54.3 Å². The number of hydrogen-bond acceptors (Lipinski definition) is 2. The second-order valence-corrected chi connectivity index (χ2v) is 10.8. The molecule has 2 saturated heterocycles. The minimum Gasteiger partial charge on any atom is -0.339 e. The zero-order valence-corrected chi connectivity index (χ0v) is 20.3. The number of nitrogens with zero attached hydrogens (tertiary/aromatic N) is 2. The molecule has 2 fully saturated rings. The van der Waals surface area contributed by atoms with Crippen molar-refractivity contribution in [2.24, 2.45) is 5.73 Å². The van der Waals surface area contributed by atoms with Crippen molar-refractivity contribution in [1.29, 1.82) is 0 Å². The van der Waals surface area contributed by atoms with E-state index in [9.17, 15) is 4.79 Å². The lowest BCUT2D eigenvalue weighted by Crippen LogP contribution is -2.53. The molecule has 0 radical (unpaired) electrons. The van der Waals surface area contributed by atoms with Crippen LogP contribution in [0.5, 0.6) is 0 Å². The van der Waals surface area contributed by atoms with Crippen molar-refractivity contribution >= 4 is 5.91 Å². The molecular weight excluding hydrogens is 406 g/mol. The summed E-state index contributed by atoms with van der Waals surface area (Å²) in [6, 6.07) is 15.2. The van der Waals surface area contributed by atoms with Crippen molar-refractivity contribution in [3.8, 4) is 0 Å². The number of fused-ring (bicyclic) bond motifs is 1. The van der Waals surface area contributed by atoms with Crippen molar-refractivity contribution in [2.75, 3.05) is 32.7 Å². The lowest BCUT2D eigenvalue weighted by molar-refractivity contribution is -0.943. The third kappa shape index (κ3) is 4.61. The van der Waals surface area contributed by atoms with Crippen LogP contribution in [0, 0.1) is 0 Å². The molecule has 0 aromatic heterocycles. The Bertz CT molecular complexity index is 984. The highest BCUT2D eigenvalue weighted by molar-refractivity contribution is 5.96. The van der Waals surface area contributed by atoms with Crippen LogP contribution < -0.4 is 5.73 Å². The van der Waals surface area contributed by atoms with E-state index in [-0.39, 0.29) is 5.91 Å². The maximum absolute atomic E-state index is 13.8. The monoisotopic (exact) mass is 446 g/mol. The number of likely N-dealkylation sites (tertiary alicyclic amines) is 1. The van der Waals surface area contributed by atoms with Gasteiger partial charge in [0, 0.05) is 36.7 Å². The molecule has 2 aromatic rings. The lowest BCUT2D eigenvalue weighted by atomic mass is 9.85. The summed E-state index contributed by atoms with van der Waals surface area (Å²) in [6.07, 6.45) is 7.46. The first-order valence-corrected chi connectivity index (χ1v) is 13.1. The van der Waals surface area contributed by atoms with Gasteiger partial charge in [-0.25, -0.2) is 0 Å². The van der Waals surface area contributed by atoms with E-state index in [1.807, 2.05) is 0 Å². The van der Waals surface area contributed by atoms with E-state index in [4.69, 9.17) is 5.73 Å². The molecular formula is C29H40N3O+. The van der Waals surface area contributed by atoms with Crippen molar-refractivity contribution in [1.82, 2.24) is 4.90 Å². The molecule has 2 N–H and O–H groups in total. The molecule has 176 valence electrons. The van der Waals surface area contributed by atoms with Crippen LogP contribution in [0.4, 0.5) is 0 Å². The molecule has 3 heterocycles. The number of carbonyl (C=O) groups excluding carboxylic acids is 1. The molecule has 1 spiro atoms. The highest BCUT2D eigenvalue weighted by atomic mass is 16.2. The van der Waals surface area contributed by atoms with Crippen molar-refractivity contribution < 1.29 is 9.28 Å². The Balaban J connectivity index is 1.33. The Morgan fingerprint density at radius 2 is 1.76 bits per heavy atom. The van der Waals surface area contributed by atoms with E-state index >= 15 is 0 Å². The third-order valence-electron chi connectivity index (χ3n) is 8.58. The van der Waals surface area contributed by atoms with E-state index in [0.717, 1.165) is 38.0 Å². The molecule has 4 heteroatoms. The Kier molecular flexibility index (Phi) is 6.58. The molecule has 5 rings (SSSR count).